The van der Waals surface area contributed by atoms with Crippen molar-refractivity contribution >= 4 is 32.0 Å². The average molecular weight is 641 g/mol. The molecule has 0 rings (SSSR count). The van der Waals surface area contributed by atoms with E-state index in [2.05, 4.69) is 16.2 Å². The van der Waals surface area contributed by atoms with Gasteiger partial charge in [0.15, 0.2) is 0 Å². The topological polar surface area (TPSA) is 125 Å². The van der Waals surface area contributed by atoms with Gasteiger partial charge in [0.05, 0.1) is 21.0 Å². The molecule has 0 saturated carbocycles. The molecule has 0 aromatic heterocycles. The Labute approximate surface area is 299 Å². The summed E-state index contributed by atoms with van der Waals surface area (Å²) in [7, 11) is -5.11. The summed E-state index contributed by atoms with van der Waals surface area (Å²) in [4.78, 5) is 44.1. The molecule has 0 aliphatic carbocycles. The van der Waals surface area contributed by atoms with Gasteiger partial charge in [0.25, 0.3) is 6.47 Å². The molecule has 0 N–H and O–H groups in total. The molecule has 41 heavy (non-hydrogen) atoms. The second kappa shape index (κ2) is 35.9. The monoisotopic (exact) mass is 640 g/mol. The third-order valence-electron chi connectivity index (χ3n) is 6.62. The van der Waals surface area contributed by atoms with Crippen LogP contribution in [0.4, 0.5) is 0 Å². The summed E-state index contributed by atoms with van der Waals surface area (Å²) < 4.78 is 25.4. The molecule has 0 radical (unpaired) electrons. The summed E-state index contributed by atoms with van der Waals surface area (Å²) in [5.41, 5.74) is 0. The van der Waals surface area contributed by atoms with Crippen molar-refractivity contribution in [3.8, 4) is 0 Å². The molecule has 0 unspecified atom stereocenters. The van der Waals surface area contributed by atoms with Gasteiger partial charge in [-0.1, -0.05) is 116 Å². The predicted octanol–water partition coefficient (Wildman–Crippen LogP) is 0.870. The molecule has 232 valence electrons. The third kappa shape index (κ3) is 39.4. The van der Waals surface area contributed by atoms with E-state index in [9.17, 15) is 23.9 Å². The first-order valence-electron chi connectivity index (χ1n) is 15.4. The molecule has 0 aromatic rings. The predicted molar refractivity (Wildman–Crippen MR) is 155 cm³/mol. The van der Waals surface area contributed by atoms with E-state index in [0.29, 0.717) is 25.3 Å². The molecule has 1 atom stereocenters. The van der Waals surface area contributed by atoms with Gasteiger partial charge in [0, 0.05) is 12.2 Å². The van der Waals surface area contributed by atoms with Gasteiger partial charge in [0.2, 0.25) is 0 Å². The Hall–Kier alpha value is 1.40. The summed E-state index contributed by atoms with van der Waals surface area (Å²) in [5, 5.41) is 0. The van der Waals surface area contributed by atoms with Crippen molar-refractivity contribution < 1.29 is 97.1 Å². The molecule has 0 saturated heterocycles. The maximum Gasteiger partial charge on any atom is 1.00 e. The summed E-state index contributed by atoms with van der Waals surface area (Å²) in [6, 6.07) is 0. The second-order valence-corrected chi connectivity index (χ2v) is 12.7. The van der Waals surface area contributed by atoms with Crippen LogP contribution in [0.5, 0.6) is 0 Å². The summed E-state index contributed by atoms with van der Waals surface area (Å²) >= 11 is 1.59. The minimum absolute atomic E-state index is 0. The van der Waals surface area contributed by atoms with E-state index in [0.717, 1.165) is 63.5 Å². The molecule has 0 amide bonds. The molecular weight excluding hydrogens is 585 g/mol. The number of thioether (sulfide) groups is 1. The maximum absolute atomic E-state index is 12.3. The zero-order chi connectivity index (χ0) is 28.9. The Bertz CT molecular complexity index is 613. The van der Waals surface area contributed by atoms with Crippen molar-refractivity contribution in [2.75, 3.05) is 24.7 Å². The van der Waals surface area contributed by atoms with Gasteiger partial charge in [-0.3, -0.25) is 9.59 Å². The van der Waals surface area contributed by atoms with Crippen molar-refractivity contribution in [1.29, 1.82) is 0 Å². The first kappa shape index (κ1) is 46.8. The van der Waals surface area contributed by atoms with Gasteiger partial charge in [0.1, 0.15) is 6.10 Å². The van der Waals surface area contributed by atoms with Crippen LogP contribution in [0.3, 0.4) is 0 Å². The number of hydrogen-bond acceptors (Lipinski definition) is 9. The molecule has 0 bridgehead atoms. The van der Waals surface area contributed by atoms with Crippen LogP contribution < -0.4 is 68.9 Å². The Morgan fingerprint density at radius 3 is 1.71 bits per heavy atom. The summed E-state index contributed by atoms with van der Waals surface area (Å²) in [5.74, 6) is 0.926. The quantitative estimate of drug-likeness (QED) is 0.0357. The maximum atomic E-state index is 12.3. The molecule has 0 fully saturated rings. The normalized spacial score (nSPS) is 11.8. The number of phosphoric ester groups is 1. The van der Waals surface area contributed by atoms with Crippen LogP contribution in [0.2, 0.25) is 0 Å². The van der Waals surface area contributed by atoms with Crippen molar-refractivity contribution in [2.45, 2.75) is 148 Å². The van der Waals surface area contributed by atoms with Crippen LogP contribution in [0.15, 0.2) is 0 Å². The Kier molecular flexibility index (Phi) is 41.0. The number of carbonyl (C=O) groups is 2. The van der Waals surface area contributed by atoms with E-state index >= 15 is 0 Å². The molecule has 12 heteroatoms. The first-order chi connectivity index (χ1) is 18.9. The van der Waals surface area contributed by atoms with E-state index in [1.807, 2.05) is 0 Å². The number of rotatable bonds is 31. The zero-order valence-corrected chi connectivity index (χ0v) is 32.2. The molecule has 0 aliphatic rings. The molecule has 0 spiro atoms. The number of esters is 1. The molecule has 0 heterocycles. The van der Waals surface area contributed by atoms with Crippen LogP contribution >= 0.6 is 19.6 Å². The van der Waals surface area contributed by atoms with Crippen molar-refractivity contribution in [3.63, 3.8) is 0 Å². The van der Waals surface area contributed by atoms with Crippen LogP contribution in [0.1, 0.15) is 142 Å². The van der Waals surface area contributed by atoms with Gasteiger partial charge in [-0.2, -0.15) is 11.8 Å². The number of hydrogen-bond donors (Lipinski definition) is 0. The zero-order valence-electron chi connectivity index (χ0n) is 26.5. The van der Waals surface area contributed by atoms with Gasteiger partial charge in [-0.05, 0) is 25.0 Å². The summed E-state index contributed by atoms with van der Waals surface area (Å²) in [6.45, 7) is 2.81. The SMILES string of the molecule is CCCCCCCCCCCCCCC(=O)O[C@H](COP(=O)([O-])[O-])CSCCCCCCCCCCOC=O.[Na+].[Na+]. The fourth-order valence-electron chi connectivity index (χ4n) is 4.36. The van der Waals surface area contributed by atoms with E-state index < -0.39 is 20.5 Å². The molecule has 0 aliphatic heterocycles. The van der Waals surface area contributed by atoms with Crippen LogP contribution in [-0.4, -0.2) is 43.3 Å². The van der Waals surface area contributed by atoms with E-state index in [1.165, 1.54) is 70.6 Å². The molecular formula is C29H55Na2O8PS. The van der Waals surface area contributed by atoms with Crippen molar-refractivity contribution in [1.82, 2.24) is 0 Å². The molecule has 0 aromatic carbocycles. The standard InChI is InChI=1S/C29H57O8PS.2Na/c1-2-3-4-5-6-7-8-9-10-13-16-19-22-29(31)37-28(25-36-38(32,33)34)26-39-24-21-18-15-12-11-14-17-20-23-35-27-30;;/h27-28H,2-26H2,1H3,(H2,32,33,34);;/q;2*+1/p-2/t28-;;/m1../s1. The average Bonchev–Trinajstić information content (AvgIpc) is 2.90. The van der Waals surface area contributed by atoms with E-state index in [4.69, 9.17) is 4.74 Å². The van der Waals surface area contributed by atoms with Gasteiger partial charge < -0.3 is 28.3 Å². The largest absolute Gasteiger partial charge is 1.00 e. The second-order valence-electron chi connectivity index (χ2n) is 10.4. The Morgan fingerprint density at radius 1 is 0.756 bits per heavy atom. The van der Waals surface area contributed by atoms with Crippen LogP contribution in [0, 0.1) is 0 Å². The van der Waals surface area contributed by atoms with Gasteiger partial charge >= 0.3 is 65.1 Å². The summed E-state index contributed by atoms with van der Waals surface area (Å²) in [6.07, 6.45) is 22.9. The Morgan fingerprint density at radius 2 is 1.22 bits per heavy atom. The minimum atomic E-state index is -5.11. The smallest absolute Gasteiger partial charge is 0.790 e. The number of phosphoric acid groups is 1. The minimum Gasteiger partial charge on any atom is -0.790 e. The fourth-order valence-corrected chi connectivity index (χ4v) is 5.71. The fraction of sp³-hybridized carbons (Fsp3) is 0.931. The Balaban J connectivity index is -0.00000722. The number of carbonyl (C=O) groups excluding carboxylic acids is 2. The van der Waals surface area contributed by atoms with E-state index in [1.54, 1.807) is 11.8 Å². The number of ether oxygens (including phenoxy) is 2. The van der Waals surface area contributed by atoms with E-state index in [-0.39, 0.29) is 65.1 Å². The first-order valence-corrected chi connectivity index (χ1v) is 18.0. The van der Waals surface area contributed by atoms with Crippen molar-refractivity contribution in [3.05, 3.63) is 0 Å². The third-order valence-corrected chi connectivity index (χ3v) is 8.27. The van der Waals surface area contributed by atoms with Crippen molar-refractivity contribution in [2.24, 2.45) is 0 Å². The van der Waals surface area contributed by atoms with Crippen LogP contribution in [0.25, 0.3) is 0 Å². The number of unbranched alkanes of at least 4 members (excludes halogenated alkanes) is 18. The van der Waals surface area contributed by atoms with Crippen LogP contribution in [-0.2, 0) is 28.2 Å². The van der Waals surface area contributed by atoms with Gasteiger partial charge in [-0.15, -0.1) is 0 Å². The van der Waals surface area contributed by atoms with Gasteiger partial charge in [-0.25, -0.2) is 0 Å². The molecule has 8 nitrogen and oxygen atoms in total.